The molecule has 16 heteroatoms. The third kappa shape index (κ3) is 10.0. The maximum atomic E-state index is 14.2. The van der Waals surface area contributed by atoms with E-state index in [0.717, 1.165) is 31.9 Å². The van der Waals surface area contributed by atoms with Gasteiger partial charge in [-0.25, -0.2) is 13.2 Å². The number of sulfonamides is 1. The smallest absolute Gasteiger partial charge is 0.490 e. The quantitative estimate of drug-likeness (QED) is 0.117. The lowest BCUT2D eigenvalue weighted by molar-refractivity contribution is -0.192. The Hall–Kier alpha value is -5.48. The lowest BCUT2D eigenvalue weighted by Gasteiger charge is -2.27. The minimum atomic E-state index is -5.08. The second-order valence-electron chi connectivity index (χ2n) is 11.6. The number of alkyl halides is 3. The van der Waals surface area contributed by atoms with Crippen molar-refractivity contribution in [1.29, 1.82) is 0 Å². The number of halogens is 3. The van der Waals surface area contributed by atoms with Gasteiger partial charge in [-0.05, 0) is 71.1 Å². The van der Waals surface area contributed by atoms with Crippen molar-refractivity contribution in [2.24, 2.45) is 10.9 Å². The molecule has 1 fully saturated rings. The normalized spacial score (nSPS) is 14.8. The lowest BCUT2D eigenvalue weighted by atomic mass is 10.1. The predicted molar refractivity (Wildman–Crippen MR) is 183 cm³/mol. The number of fused-ring (bicyclic) bond motifs is 1. The summed E-state index contributed by atoms with van der Waals surface area (Å²) in [6, 6.07) is 24.2. The van der Waals surface area contributed by atoms with Crippen LogP contribution in [0, 0.1) is 6.92 Å². The number of benzene rings is 4. The molecule has 5 rings (SSSR count). The zero-order valence-corrected chi connectivity index (χ0v) is 28.4. The van der Waals surface area contributed by atoms with Crippen molar-refractivity contribution in [3.05, 3.63) is 107 Å². The predicted octanol–water partition coefficient (Wildman–Crippen LogP) is 4.19. The molecular formula is C35H36F3N5O7S. The summed E-state index contributed by atoms with van der Waals surface area (Å²) in [7, 11) is -2.73. The Kier molecular flexibility index (Phi) is 12.4. The Morgan fingerprint density at radius 3 is 2.37 bits per heavy atom. The molecule has 0 saturated carbocycles. The van der Waals surface area contributed by atoms with Crippen LogP contribution in [0.25, 0.3) is 10.8 Å². The van der Waals surface area contributed by atoms with Gasteiger partial charge in [0, 0.05) is 19.6 Å². The summed E-state index contributed by atoms with van der Waals surface area (Å²) in [5.41, 5.74) is 3.61. The summed E-state index contributed by atoms with van der Waals surface area (Å²) in [6.07, 6.45) is -3.32. The highest BCUT2D eigenvalue weighted by molar-refractivity contribution is 7.89. The van der Waals surface area contributed by atoms with Crippen molar-refractivity contribution in [1.82, 2.24) is 14.5 Å². The van der Waals surface area contributed by atoms with Gasteiger partial charge in [0.25, 0.3) is 0 Å². The van der Waals surface area contributed by atoms with E-state index >= 15 is 0 Å². The number of methoxy groups -OCH3 is 1. The van der Waals surface area contributed by atoms with Crippen molar-refractivity contribution in [3.8, 4) is 5.75 Å². The van der Waals surface area contributed by atoms with Crippen LogP contribution >= 0.6 is 0 Å². The molecule has 0 unspecified atom stereocenters. The van der Waals surface area contributed by atoms with Crippen LogP contribution in [0.2, 0.25) is 0 Å². The molecular weight excluding hydrogens is 691 g/mol. The molecule has 1 saturated heterocycles. The summed E-state index contributed by atoms with van der Waals surface area (Å²) in [5.74, 6) is 2.25. The molecule has 270 valence electrons. The van der Waals surface area contributed by atoms with Gasteiger partial charge in [-0.1, -0.05) is 60.2 Å². The molecule has 0 bridgehead atoms. The van der Waals surface area contributed by atoms with Gasteiger partial charge >= 0.3 is 12.1 Å². The van der Waals surface area contributed by atoms with E-state index < -0.39 is 40.7 Å². The minimum absolute atomic E-state index is 0.00962. The number of carbonyl (C=O) groups excluding carboxylic acids is 2. The molecule has 0 aliphatic carbocycles. The fourth-order valence-electron chi connectivity index (χ4n) is 5.32. The third-order valence-electron chi connectivity index (χ3n) is 7.94. The zero-order valence-electron chi connectivity index (χ0n) is 27.6. The first-order valence-corrected chi connectivity index (χ1v) is 16.9. The van der Waals surface area contributed by atoms with Crippen molar-refractivity contribution in [2.45, 2.75) is 43.5 Å². The molecule has 4 aromatic rings. The summed E-state index contributed by atoms with van der Waals surface area (Å²) < 4.78 is 66.5. The topological polar surface area (TPSA) is 172 Å². The number of amides is 2. The van der Waals surface area contributed by atoms with Crippen molar-refractivity contribution in [2.75, 3.05) is 20.2 Å². The van der Waals surface area contributed by atoms with E-state index in [0.29, 0.717) is 17.7 Å². The first kappa shape index (κ1) is 38.3. The van der Waals surface area contributed by atoms with E-state index in [9.17, 15) is 31.2 Å². The number of nitrogens with one attached hydrogen (secondary N) is 1. The van der Waals surface area contributed by atoms with E-state index in [2.05, 4.69) is 10.4 Å². The van der Waals surface area contributed by atoms with Crippen LogP contribution in [-0.2, 0) is 37.5 Å². The molecule has 4 aromatic carbocycles. The fraction of sp³-hybridized carbons (Fsp3) is 0.257. The number of aliphatic carboxylic acids is 1. The van der Waals surface area contributed by atoms with Gasteiger partial charge in [-0.2, -0.15) is 22.6 Å². The van der Waals surface area contributed by atoms with Crippen molar-refractivity contribution >= 4 is 44.8 Å². The standard InChI is InChI=1S/C33H35N5O5S.C2HF3O2/c1-23-6-8-24(9-7-23)19-35-32(39)22-38(44(41,42)30-13-11-27-10-12-29(43-2)17-28(27)18-30)31-14-15-37(33(31)40)21-26-5-3-4-25(16-26)20-36-34;3-2(4,5)1(6)7/h3-13,16-18,20,31H,14-15,19,21-22,34H2,1-2H3,(H,35,39);(H,6,7)/t31-;/m0./s1. The number of carboxylic acids is 1. The number of hydrogen-bond donors (Lipinski definition) is 3. The van der Waals surface area contributed by atoms with E-state index in [1.807, 2.05) is 61.5 Å². The van der Waals surface area contributed by atoms with Crippen LogP contribution in [0.5, 0.6) is 5.75 Å². The first-order valence-electron chi connectivity index (χ1n) is 15.5. The largest absolute Gasteiger partial charge is 0.497 e. The van der Waals surface area contributed by atoms with Crippen LogP contribution in [0.15, 0.2) is 94.9 Å². The molecule has 51 heavy (non-hydrogen) atoms. The number of carbonyl (C=O) groups is 3. The third-order valence-corrected chi connectivity index (χ3v) is 9.79. The molecule has 0 aromatic heterocycles. The Morgan fingerprint density at radius 2 is 1.73 bits per heavy atom. The Balaban J connectivity index is 0.000000755. The molecule has 1 aliphatic heterocycles. The highest BCUT2D eigenvalue weighted by atomic mass is 32.2. The maximum Gasteiger partial charge on any atom is 0.490 e. The van der Waals surface area contributed by atoms with Crippen LogP contribution in [0.1, 0.15) is 28.7 Å². The highest BCUT2D eigenvalue weighted by Gasteiger charge is 2.43. The average molecular weight is 728 g/mol. The van der Waals surface area contributed by atoms with Gasteiger partial charge in [0.05, 0.1) is 24.8 Å². The average Bonchev–Trinajstić information content (AvgIpc) is 3.45. The number of rotatable bonds is 11. The Bertz CT molecular complexity index is 2020. The van der Waals surface area contributed by atoms with Gasteiger partial charge < -0.3 is 25.9 Å². The number of nitrogens with two attached hydrogens (primary N) is 1. The van der Waals surface area contributed by atoms with Crippen LogP contribution in [0.4, 0.5) is 13.2 Å². The van der Waals surface area contributed by atoms with Gasteiger partial charge in [0.15, 0.2) is 0 Å². The molecule has 12 nitrogen and oxygen atoms in total. The van der Waals surface area contributed by atoms with Crippen molar-refractivity contribution < 1.29 is 45.8 Å². The second-order valence-corrected chi connectivity index (χ2v) is 13.5. The number of likely N-dealkylation sites (tertiary alicyclic amines) is 1. The SMILES string of the molecule is COc1ccc2ccc(S(=O)(=O)N(CC(=O)NCc3ccc(C)cc3)[C@H]3CCN(Cc4cccc(C=NN)c4)C3=O)cc2c1.O=C(O)C(F)(F)F. The van der Waals surface area contributed by atoms with E-state index in [-0.39, 0.29) is 30.3 Å². The van der Waals surface area contributed by atoms with E-state index in [4.69, 9.17) is 20.5 Å². The second kappa shape index (κ2) is 16.5. The molecule has 0 spiro atoms. The highest BCUT2D eigenvalue weighted by Crippen LogP contribution is 2.29. The first-order chi connectivity index (χ1) is 24.1. The van der Waals surface area contributed by atoms with Crippen LogP contribution in [-0.4, -0.2) is 79.1 Å². The Morgan fingerprint density at radius 1 is 1.04 bits per heavy atom. The van der Waals surface area contributed by atoms with E-state index in [1.165, 1.54) is 19.4 Å². The summed E-state index contributed by atoms with van der Waals surface area (Å²) >= 11 is 0. The summed E-state index contributed by atoms with van der Waals surface area (Å²) in [4.78, 5) is 37.5. The molecule has 0 radical (unpaired) electrons. The Labute approximate surface area is 292 Å². The molecule has 1 atom stereocenters. The maximum absolute atomic E-state index is 14.2. The number of hydrazone groups is 1. The van der Waals surface area contributed by atoms with Gasteiger partial charge in [0.2, 0.25) is 21.8 Å². The minimum Gasteiger partial charge on any atom is -0.497 e. The van der Waals surface area contributed by atoms with E-state index in [1.54, 1.807) is 29.2 Å². The number of hydrogen-bond acceptors (Lipinski definition) is 8. The number of carboxylic acid groups (broad SMARTS) is 1. The summed E-state index contributed by atoms with van der Waals surface area (Å²) in [5, 5.41) is 15.0. The lowest BCUT2D eigenvalue weighted by Crippen LogP contribution is -2.49. The molecule has 2 amide bonds. The molecule has 1 heterocycles. The number of aryl methyl sites for hydroxylation is 1. The molecule has 1 aliphatic rings. The number of ether oxygens (including phenoxy) is 1. The van der Waals surface area contributed by atoms with Gasteiger partial charge in [-0.15, -0.1) is 0 Å². The van der Waals surface area contributed by atoms with Crippen LogP contribution < -0.4 is 15.9 Å². The van der Waals surface area contributed by atoms with Crippen molar-refractivity contribution in [3.63, 3.8) is 0 Å². The number of nitrogens with zero attached hydrogens (tertiary/aromatic N) is 3. The fourth-order valence-corrected chi connectivity index (χ4v) is 6.92. The molecule has 4 N–H and O–H groups in total. The van der Waals surface area contributed by atoms with Gasteiger partial charge in [0.1, 0.15) is 11.8 Å². The summed E-state index contributed by atoms with van der Waals surface area (Å²) in [6.45, 7) is 2.32. The zero-order chi connectivity index (χ0) is 37.3. The van der Waals surface area contributed by atoms with Gasteiger partial charge in [-0.3, -0.25) is 9.59 Å². The monoisotopic (exact) mass is 727 g/mol. The van der Waals surface area contributed by atoms with Crippen LogP contribution in [0.3, 0.4) is 0 Å².